The molecule has 8 heterocycles. The monoisotopic (exact) mass is 1210 g/mol. The zero-order chi connectivity index (χ0) is 52.5. The summed E-state index contributed by atoms with van der Waals surface area (Å²) in [5.74, 6) is 1.02. The average molecular weight is 1210 g/mol. The lowest BCUT2D eigenvalue weighted by molar-refractivity contribution is 0.702. The van der Waals surface area contributed by atoms with Gasteiger partial charge in [0.1, 0.15) is 44.7 Å². The minimum absolute atomic E-state index is 0.292. The van der Waals surface area contributed by atoms with Crippen LogP contribution in [0.15, 0.2) is 98.0 Å². The Kier molecular flexibility index (Phi) is 24.3. The van der Waals surface area contributed by atoms with E-state index < -0.39 is 24.4 Å². The molecule has 0 bridgehead atoms. The molecule has 0 saturated heterocycles. The summed E-state index contributed by atoms with van der Waals surface area (Å²) in [6.45, 7) is 25.3. The highest BCUT2D eigenvalue weighted by Gasteiger charge is 2.38. The Morgan fingerprint density at radius 1 is 0.629 bits per heavy atom. The number of pyridine rings is 5. The number of nitrogens with one attached hydrogen (secondary N) is 2. The molecule has 0 aromatic carbocycles. The normalized spacial score (nSPS) is 11.4. The molecule has 0 spiro atoms. The van der Waals surface area contributed by atoms with Crippen molar-refractivity contribution in [1.29, 1.82) is 0 Å². The van der Waals surface area contributed by atoms with Gasteiger partial charge in [0, 0.05) is 58.7 Å². The summed E-state index contributed by atoms with van der Waals surface area (Å²) in [6.07, 6.45) is 17.5. The van der Waals surface area contributed by atoms with E-state index in [0.717, 1.165) is 36.7 Å². The number of hydrogen-bond acceptors (Lipinski definition) is 7. The molecule has 70 heavy (non-hydrogen) atoms. The molecule has 8 aromatic rings. The summed E-state index contributed by atoms with van der Waals surface area (Å²) < 4.78 is 3.26. The highest BCUT2D eigenvalue weighted by molar-refractivity contribution is 14.1. The van der Waals surface area contributed by atoms with Crippen LogP contribution in [0.2, 0.25) is 79.5 Å². The van der Waals surface area contributed by atoms with Crippen molar-refractivity contribution in [2.45, 2.75) is 117 Å². The van der Waals surface area contributed by atoms with Crippen LogP contribution >= 0.6 is 80.6 Å². The topological polar surface area (TPSA) is 153 Å². The van der Waals surface area contributed by atoms with E-state index in [2.05, 4.69) is 161 Å². The second-order valence-corrected chi connectivity index (χ2v) is 36.8. The van der Waals surface area contributed by atoms with E-state index in [4.69, 9.17) is 75.9 Å². The van der Waals surface area contributed by atoms with Gasteiger partial charge in [0.05, 0.1) is 28.7 Å². The molecule has 0 radical (unpaired) electrons. The molecule has 0 atom stereocenters. The Hall–Kier alpha value is -3.64. The van der Waals surface area contributed by atoms with Crippen molar-refractivity contribution < 1.29 is 0 Å². The lowest BCUT2D eigenvalue weighted by atomic mass is 10.2. The number of halogens is 6. The van der Waals surface area contributed by atoms with Gasteiger partial charge in [-0.1, -0.05) is 152 Å². The van der Waals surface area contributed by atoms with E-state index in [1.54, 1.807) is 36.8 Å². The van der Waals surface area contributed by atoms with Crippen LogP contribution < -0.4 is 16.8 Å². The maximum Gasteiger partial charge on any atom is 0.163 e. The molecule has 8 rings (SSSR count). The van der Waals surface area contributed by atoms with Crippen molar-refractivity contribution >= 4 is 155 Å². The van der Waals surface area contributed by atoms with Crippen molar-refractivity contribution in [3.8, 4) is 12.0 Å². The fourth-order valence-electron chi connectivity index (χ4n) is 7.19. The third kappa shape index (κ3) is 17.0. The molecular weight excluding hydrogens is 1140 g/mol. The third-order valence-electron chi connectivity index (χ3n) is 13.3. The number of hydrogen-bond donors (Lipinski definition) is 4. The van der Waals surface area contributed by atoms with Crippen LogP contribution in [-0.2, 0) is 0 Å². The quantitative estimate of drug-likeness (QED) is 0.0671. The van der Waals surface area contributed by atoms with Gasteiger partial charge in [0.15, 0.2) is 8.24 Å². The number of rotatable bonds is 8. The summed E-state index contributed by atoms with van der Waals surface area (Å²) in [6, 6.07) is 24.8. The molecule has 0 aliphatic heterocycles. The van der Waals surface area contributed by atoms with Gasteiger partial charge in [-0.3, -0.25) is 0 Å². The summed E-state index contributed by atoms with van der Waals surface area (Å²) in [4.78, 5) is 26.9. The Morgan fingerprint density at radius 2 is 1.14 bits per heavy atom. The smallest absolute Gasteiger partial charge is 0.163 e. The summed E-state index contributed by atoms with van der Waals surface area (Å²) >= 11 is 30.8. The second-order valence-electron chi connectivity index (χ2n) is 18.2. The van der Waals surface area contributed by atoms with E-state index in [0.29, 0.717) is 41.8 Å². The van der Waals surface area contributed by atoms with Gasteiger partial charge >= 0.3 is 0 Å². The predicted octanol–water partition coefficient (Wildman–Crippen LogP) is 16.6. The molecule has 0 aliphatic carbocycles. The van der Waals surface area contributed by atoms with Crippen LogP contribution in [0.3, 0.4) is 0 Å². The maximum atomic E-state index is 5.98. The highest BCUT2D eigenvalue weighted by atomic mass is 127. The minimum Gasteiger partial charge on any atom is -0.384 e. The summed E-state index contributed by atoms with van der Waals surface area (Å²) in [5.41, 5.74) is 16.6. The predicted molar refractivity (Wildman–Crippen MR) is 322 cm³/mol. The maximum absolute atomic E-state index is 5.98. The first kappa shape index (κ1) is 60.7. The van der Waals surface area contributed by atoms with E-state index >= 15 is 0 Å². The number of nitrogen functional groups attached to an aromatic ring is 2. The largest absolute Gasteiger partial charge is 0.384 e. The van der Waals surface area contributed by atoms with Crippen molar-refractivity contribution in [1.82, 2.24) is 39.1 Å². The van der Waals surface area contributed by atoms with Gasteiger partial charge in [0.2, 0.25) is 0 Å². The first-order valence-electron chi connectivity index (χ1n) is 23.3. The Balaban J connectivity index is 0.000000229. The number of aromatic nitrogens is 8. The highest BCUT2D eigenvalue weighted by Crippen LogP contribution is 2.38. The zero-order valence-electron chi connectivity index (χ0n) is 42.2. The standard InChI is InChI=1S/2C13H19ClN2Si.C8H16Si.C7H5ClN2.C5H4ClIN2.C5H5ClN2/c1-13(2,3)17(4,5)16-7-6-10-8-11(14)9-15-12(10)16;1-4-17(5-2,6-3)12-8-10-7-11(14)9-15-13(10)16-12;1-5-9(6-2,7-3)8-4;8-6-3-5-1-2-9-7(5)10-4-6;6-3-1-4(7)5(8)9-2-3;6-4-1-2-5(7)8-3-4/h6-9H,1-5H3;7-9H,4-6H2,1-3H3,(H,15,16);1H,6-8H2,2-4H3;1-4H,(H,9,10);1-2H,(H2,8,9);1-3H,(H2,7,8). The lowest BCUT2D eigenvalue weighted by Gasteiger charge is -2.38. The van der Waals surface area contributed by atoms with E-state index in [9.17, 15) is 0 Å². The minimum atomic E-state index is -1.60. The van der Waals surface area contributed by atoms with Gasteiger partial charge < -0.3 is 25.7 Å². The van der Waals surface area contributed by atoms with Gasteiger partial charge in [0.25, 0.3) is 0 Å². The van der Waals surface area contributed by atoms with Gasteiger partial charge in [-0.25, -0.2) is 24.9 Å². The van der Waals surface area contributed by atoms with Crippen molar-refractivity contribution in [3.05, 3.63) is 127 Å². The van der Waals surface area contributed by atoms with Crippen molar-refractivity contribution in [2.24, 2.45) is 0 Å². The van der Waals surface area contributed by atoms with Crippen LogP contribution in [0.5, 0.6) is 0 Å². The van der Waals surface area contributed by atoms with Crippen LogP contribution in [0.4, 0.5) is 11.6 Å². The zero-order valence-corrected chi connectivity index (χ0v) is 51.1. The first-order valence-corrected chi connectivity index (χ1v) is 34.4. The number of nitrogens with two attached hydrogens (primary N) is 2. The van der Waals surface area contributed by atoms with E-state index in [1.807, 2.05) is 30.5 Å². The van der Waals surface area contributed by atoms with Crippen LogP contribution in [0, 0.1) is 15.5 Å². The van der Waals surface area contributed by atoms with Gasteiger partial charge in [-0.15, -0.1) is 12.0 Å². The lowest BCUT2D eigenvalue weighted by Crippen LogP contribution is -2.46. The van der Waals surface area contributed by atoms with Crippen LogP contribution in [-0.4, -0.2) is 63.5 Å². The average Bonchev–Trinajstić information content (AvgIpc) is 4.10. The molecule has 10 nitrogen and oxygen atoms in total. The number of nitrogens with zero attached hydrogens (tertiary/aromatic N) is 6. The molecule has 6 N–H and O–H groups in total. The second kappa shape index (κ2) is 28.0. The van der Waals surface area contributed by atoms with Crippen LogP contribution in [0.25, 0.3) is 33.1 Å². The summed E-state index contributed by atoms with van der Waals surface area (Å²) in [5, 5.41) is 8.34. The molecule has 19 heteroatoms. The summed E-state index contributed by atoms with van der Waals surface area (Å²) in [7, 11) is -4.10. The molecule has 0 amide bonds. The fourth-order valence-corrected chi connectivity index (χ4v) is 16.1. The number of fused-ring (bicyclic) bond motifs is 3. The molecule has 8 aromatic heterocycles. The van der Waals surface area contributed by atoms with Crippen molar-refractivity contribution in [2.75, 3.05) is 11.5 Å². The van der Waals surface area contributed by atoms with E-state index in [1.165, 1.54) is 54.0 Å². The number of aromatic amines is 2. The molecule has 0 saturated carbocycles. The molecular formula is C51H68Cl5IN10Si3. The fraction of sp³-hybridized carbons (Fsp3) is 0.353. The van der Waals surface area contributed by atoms with Crippen molar-refractivity contribution in [3.63, 3.8) is 0 Å². The van der Waals surface area contributed by atoms with Crippen LogP contribution in [0.1, 0.15) is 62.3 Å². The molecule has 0 fully saturated rings. The van der Waals surface area contributed by atoms with Gasteiger partial charge in [-0.2, -0.15) is 0 Å². The number of terminal acetylenes is 1. The Labute approximate surface area is 457 Å². The Morgan fingerprint density at radius 3 is 1.61 bits per heavy atom. The molecule has 0 aliphatic rings. The van der Waals surface area contributed by atoms with Gasteiger partial charge in [-0.05, 0) is 107 Å². The third-order valence-corrected chi connectivity index (χ3v) is 30.6. The number of H-pyrrole nitrogens is 2. The molecule has 376 valence electrons. The first-order chi connectivity index (χ1) is 33.0. The van der Waals surface area contributed by atoms with E-state index in [-0.39, 0.29) is 0 Å². The number of anilines is 2. The SMILES string of the molecule is C#C[Si](CC)(CC)CC.CC(C)(C)[Si](C)(C)n1ccc2cc(Cl)cnc21.CC[Si](CC)(CC)c1cc2cc(Cl)cnc2[nH]1.Clc1cnc2[nH]ccc2c1.Nc1ccc(Cl)cn1.Nc1ncc(Cl)cc1I. The molecule has 0 unspecified atom stereocenters. The Bertz CT molecular complexity index is 2860.